The summed E-state index contributed by atoms with van der Waals surface area (Å²) in [5.74, 6) is -3.49. The van der Waals surface area contributed by atoms with Gasteiger partial charge in [-0.2, -0.15) is 8.78 Å². The van der Waals surface area contributed by atoms with Gasteiger partial charge in [0.15, 0.2) is 17.4 Å². The molecule has 0 N–H and O–H groups in total. The normalized spacial score (nSPS) is 19.0. The lowest BCUT2D eigenvalue weighted by atomic mass is 9.78. The van der Waals surface area contributed by atoms with E-state index in [1.165, 1.54) is 6.07 Å². The van der Waals surface area contributed by atoms with Crippen molar-refractivity contribution < 1.29 is 26.7 Å². The molecule has 1 saturated carbocycles. The van der Waals surface area contributed by atoms with E-state index in [-0.39, 0.29) is 11.1 Å². The number of halogens is 5. The molecule has 0 bridgehead atoms. The molecule has 4 rings (SSSR count). The van der Waals surface area contributed by atoms with E-state index in [9.17, 15) is 17.6 Å². The van der Waals surface area contributed by atoms with Crippen LogP contribution in [-0.4, -0.2) is 6.61 Å². The fourth-order valence-electron chi connectivity index (χ4n) is 4.39. The molecule has 0 unspecified atom stereocenters. The third-order valence-electron chi connectivity index (χ3n) is 6.07. The van der Waals surface area contributed by atoms with Gasteiger partial charge in [0.25, 0.3) is 0 Å². The van der Waals surface area contributed by atoms with E-state index >= 15 is 4.39 Å². The van der Waals surface area contributed by atoms with Crippen molar-refractivity contribution in [2.24, 2.45) is 5.92 Å². The van der Waals surface area contributed by atoms with Gasteiger partial charge in [-0.3, -0.25) is 0 Å². The predicted molar refractivity (Wildman–Crippen MR) is 111 cm³/mol. The molecule has 3 aromatic rings. The van der Waals surface area contributed by atoms with Crippen molar-refractivity contribution in [3.63, 3.8) is 0 Å². The number of hydrogen-bond donors (Lipinski definition) is 0. The van der Waals surface area contributed by atoms with Crippen molar-refractivity contribution in [2.75, 3.05) is 0 Å². The van der Waals surface area contributed by atoms with Gasteiger partial charge in [0.05, 0.1) is 0 Å². The van der Waals surface area contributed by atoms with E-state index < -0.39 is 29.8 Å². The molecule has 0 amide bonds. The smallest absolute Gasteiger partial charge is 0.387 e. The maximum Gasteiger partial charge on any atom is 0.387 e. The standard InChI is InChI=1S/C25H21F5O/c1-2-14-3-5-15(6-4-14)16-7-9-19-17(11-16)8-10-20(23(19)28)18-12-21(26)24(22(27)13-18)31-25(29)30/h2,7-15,25H,1,3-6H2/t14-,15-. The Morgan fingerprint density at radius 1 is 0.903 bits per heavy atom. The molecule has 0 saturated heterocycles. The van der Waals surface area contributed by atoms with Crippen molar-refractivity contribution in [3.05, 3.63) is 78.1 Å². The Morgan fingerprint density at radius 2 is 1.58 bits per heavy atom. The number of allylic oxidation sites excluding steroid dienone is 1. The molecule has 6 heteroatoms. The first-order valence-corrected chi connectivity index (χ1v) is 10.2. The van der Waals surface area contributed by atoms with Crippen LogP contribution in [-0.2, 0) is 0 Å². The minimum absolute atomic E-state index is 0.0202. The van der Waals surface area contributed by atoms with E-state index in [0.29, 0.717) is 22.6 Å². The highest BCUT2D eigenvalue weighted by atomic mass is 19.3. The first kappa shape index (κ1) is 21.3. The highest BCUT2D eigenvalue weighted by molar-refractivity contribution is 5.89. The van der Waals surface area contributed by atoms with Gasteiger partial charge in [0, 0.05) is 10.9 Å². The van der Waals surface area contributed by atoms with Crippen molar-refractivity contribution >= 4 is 10.8 Å². The van der Waals surface area contributed by atoms with Gasteiger partial charge in [-0.25, -0.2) is 13.2 Å². The van der Waals surface area contributed by atoms with Crippen LogP contribution >= 0.6 is 0 Å². The molecule has 162 valence electrons. The third kappa shape index (κ3) is 4.29. The Balaban J connectivity index is 1.67. The SMILES string of the molecule is C=C[C@H]1CC[C@H](c2ccc3c(F)c(-c4cc(F)c(OC(F)F)c(F)c4)ccc3c2)CC1. The fourth-order valence-corrected chi connectivity index (χ4v) is 4.39. The van der Waals surface area contributed by atoms with E-state index in [1.807, 2.05) is 18.2 Å². The van der Waals surface area contributed by atoms with Crippen LogP contribution in [0.1, 0.15) is 37.2 Å². The summed E-state index contributed by atoms with van der Waals surface area (Å²) in [5, 5.41) is 1.03. The molecule has 1 nitrogen and oxygen atoms in total. The first-order valence-electron chi connectivity index (χ1n) is 10.2. The molecule has 0 spiro atoms. The van der Waals surface area contributed by atoms with Crippen LogP contribution in [0.15, 0.2) is 55.1 Å². The largest absolute Gasteiger partial charge is 0.429 e. The summed E-state index contributed by atoms with van der Waals surface area (Å²) in [6.45, 7) is 0.498. The molecule has 1 aliphatic carbocycles. The van der Waals surface area contributed by atoms with Crippen LogP contribution in [0.25, 0.3) is 21.9 Å². The van der Waals surface area contributed by atoms with Crippen LogP contribution in [0, 0.1) is 23.4 Å². The average Bonchev–Trinajstić information content (AvgIpc) is 2.76. The van der Waals surface area contributed by atoms with Crippen LogP contribution in [0.2, 0.25) is 0 Å². The summed E-state index contributed by atoms with van der Waals surface area (Å²) >= 11 is 0. The van der Waals surface area contributed by atoms with Gasteiger partial charge >= 0.3 is 6.61 Å². The van der Waals surface area contributed by atoms with Crippen molar-refractivity contribution in [1.29, 1.82) is 0 Å². The third-order valence-corrected chi connectivity index (χ3v) is 6.07. The minimum Gasteiger partial charge on any atom is -0.429 e. The lowest BCUT2D eigenvalue weighted by Crippen LogP contribution is -2.11. The zero-order valence-corrected chi connectivity index (χ0v) is 16.7. The van der Waals surface area contributed by atoms with Crippen LogP contribution in [0.3, 0.4) is 0 Å². The summed E-state index contributed by atoms with van der Waals surface area (Å²) in [4.78, 5) is 0. The highest BCUT2D eigenvalue weighted by Crippen LogP contribution is 2.38. The second-order valence-electron chi connectivity index (χ2n) is 7.90. The highest BCUT2D eigenvalue weighted by Gasteiger charge is 2.22. The molecule has 0 atom stereocenters. The van der Waals surface area contributed by atoms with E-state index in [0.717, 1.165) is 43.4 Å². The van der Waals surface area contributed by atoms with Gasteiger partial charge in [-0.1, -0.05) is 36.4 Å². The number of ether oxygens (including phenoxy) is 1. The number of rotatable bonds is 5. The Labute approximate surface area is 177 Å². The second-order valence-corrected chi connectivity index (χ2v) is 7.90. The molecule has 0 aliphatic heterocycles. The van der Waals surface area contributed by atoms with Crippen LogP contribution in [0.5, 0.6) is 5.75 Å². The van der Waals surface area contributed by atoms with Gasteiger partial charge in [0.1, 0.15) is 5.82 Å². The molecule has 0 heterocycles. The molecule has 0 aromatic heterocycles. The monoisotopic (exact) mass is 432 g/mol. The summed E-state index contributed by atoms with van der Waals surface area (Å²) in [6.07, 6.45) is 6.28. The maximum absolute atomic E-state index is 15.2. The maximum atomic E-state index is 15.2. The molecular formula is C25H21F5O. The zero-order chi connectivity index (χ0) is 22.1. The number of alkyl halides is 2. The van der Waals surface area contributed by atoms with E-state index in [4.69, 9.17) is 0 Å². The van der Waals surface area contributed by atoms with Crippen molar-refractivity contribution in [2.45, 2.75) is 38.2 Å². The molecular weight excluding hydrogens is 411 g/mol. The van der Waals surface area contributed by atoms with Crippen LogP contribution in [0.4, 0.5) is 22.0 Å². The van der Waals surface area contributed by atoms with Crippen molar-refractivity contribution in [1.82, 2.24) is 0 Å². The van der Waals surface area contributed by atoms with Gasteiger partial charge in [-0.15, -0.1) is 6.58 Å². The summed E-state index contributed by atoms with van der Waals surface area (Å²) < 4.78 is 71.9. The Bertz CT molecular complexity index is 1090. The lowest BCUT2D eigenvalue weighted by molar-refractivity contribution is -0.0546. The number of benzene rings is 3. The zero-order valence-electron chi connectivity index (χ0n) is 16.7. The topological polar surface area (TPSA) is 9.23 Å². The number of fused-ring (bicyclic) bond motifs is 1. The molecule has 1 aliphatic rings. The first-order chi connectivity index (χ1) is 14.9. The van der Waals surface area contributed by atoms with Gasteiger partial charge in [-0.05, 0) is 66.2 Å². The molecule has 31 heavy (non-hydrogen) atoms. The number of hydrogen-bond acceptors (Lipinski definition) is 1. The summed E-state index contributed by atoms with van der Waals surface area (Å²) in [5.41, 5.74) is 1.03. The Morgan fingerprint density at radius 3 is 2.19 bits per heavy atom. The second kappa shape index (κ2) is 8.69. The van der Waals surface area contributed by atoms with E-state index in [2.05, 4.69) is 11.3 Å². The summed E-state index contributed by atoms with van der Waals surface area (Å²) in [6, 6.07) is 10.3. The molecule has 3 aromatic carbocycles. The average molecular weight is 432 g/mol. The van der Waals surface area contributed by atoms with Crippen LogP contribution < -0.4 is 4.74 Å². The quantitative estimate of drug-likeness (QED) is 0.293. The minimum atomic E-state index is -3.37. The lowest BCUT2D eigenvalue weighted by Gasteiger charge is -2.27. The molecule has 0 radical (unpaired) electrons. The van der Waals surface area contributed by atoms with Gasteiger partial charge < -0.3 is 4.74 Å². The van der Waals surface area contributed by atoms with Crippen molar-refractivity contribution in [3.8, 4) is 16.9 Å². The predicted octanol–water partition coefficient (Wildman–Crippen LogP) is 7.99. The Hall–Kier alpha value is -2.89. The summed E-state index contributed by atoms with van der Waals surface area (Å²) in [7, 11) is 0. The Kier molecular flexibility index (Phi) is 5.99. The van der Waals surface area contributed by atoms with Gasteiger partial charge in [0.2, 0.25) is 0 Å². The van der Waals surface area contributed by atoms with E-state index in [1.54, 1.807) is 12.1 Å². The fraction of sp³-hybridized carbons (Fsp3) is 0.280. The molecule has 1 fully saturated rings.